The molecule has 1 saturated heterocycles. The second kappa shape index (κ2) is 6.14. The Morgan fingerprint density at radius 3 is 2.55 bits per heavy atom. The van der Waals surface area contributed by atoms with Crippen LogP contribution in [0.1, 0.15) is 24.0 Å². The highest BCUT2D eigenvalue weighted by molar-refractivity contribution is 7.88. The molecule has 112 valence electrons. The molecule has 2 rings (SSSR count). The van der Waals surface area contributed by atoms with Gasteiger partial charge in [-0.25, -0.2) is 12.7 Å². The van der Waals surface area contributed by atoms with Gasteiger partial charge in [0.1, 0.15) is 5.75 Å². The average Bonchev–Trinajstić information content (AvgIpc) is 2.37. The second-order valence-electron chi connectivity index (χ2n) is 5.66. The quantitative estimate of drug-likeness (QED) is 0.857. The van der Waals surface area contributed by atoms with Crippen LogP contribution in [0.15, 0.2) is 18.2 Å². The first-order valence-corrected chi connectivity index (χ1v) is 8.87. The van der Waals surface area contributed by atoms with E-state index in [1.165, 1.54) is 6.26 Å². The maximum absolute atomic E-state index is 11.6. The third kappa shape index (κ3) is 3.73. The molecule has 1 aliphatic heterocycles. The molecule has 5 heteroatoms. The summed E-state index contributed by atoms with van der Waals surface area (Å²) in [4.78, 5) is 0. The van der Waals surface area contributed by atoms with Crippen molar-refractivity contribution in [1.82, 2.24) is 4.31 Å². The maximum Gasteiger partial charge on any atom is 0.211 e. The van der Waals surface area contributed by atoms with Crippen molar-refractivity contribution >= 4 is 10.0 Å². The molecule has 0 saturated carbocycles. The Morgan fingerprint density at radius 1 is 1.30 bits per heavy atom. The zero-order valence-electron chi connectivity index (χ0n) is 12.4. The number of hydrogen-bond acceptors (Lipinski definition) is 3. The van der Waals surface area contributed by atoms with Crippen LogP contribution in [0.5, 0.6) is 5.75 Å². The van der Waals surface area contributed by atoms with Crippen molar-refractivity contribution in [3.63, 3.8) is 0 Å². The summed E-state index contributed by atoms with van der Waals surface area (Å²) < 4.78 is 30.7. The highest BCUT2D eigenvalue weighted by Gasteiger charge is 2.26. The number of para-hydroxylation sites is 1. The molecule has 0 spiro atoms. The number of nitrogens with zero attached hydrogens (tertiary/aromatic N) is 1. The van der Waals surface area contributed by atoms with E-state index in [4.69, 9.17) is 4.74 Å². The van der Waals surface area contributed by atoms with Gasteiger partial charge in [0.05, 0.1) is 12.9 Å². The second-order valence-corrected chi connectivity index (χ2v) is 7.64. The van der Waals surface area contributed by atoms with Crippen LogP contribution in [0.2, 0.25) is 0 Å². The molecule has 1 aromatic rings. The summed E-state index contributed by atoms with van der Waals surface area (Å²) in [5.41, 5.74) is 2.25. The summed E-state index contributed by atoms with van der Waals surface area (Å²) in [6.07, 6.45) is 3.21. The number of sulfonamides is 1. The van der Waals surface area contributed by atoms with Gasteiger partial charge in [0, 0.05) is 19.0 Å². The lowest BCUT2D eigenvalue weighted by molar-refractivity contribution is 0.179. The Morgan fingerprint density at radius 2 is 1.95 bits per heavy atom. The molecule has 1 aliphatic rings. The highest BCUT2D eigenvalue weighted by atomic mass is 32.2. The lowest BCUT2D eigenvalue weighted by atomic mass is 10.0. The molecular formula is C15H23NO3S. The largest absolute Gasteiger partial charge is 0.493 e. The predicted octanol–water partition coefficient (Wildman–Crippen LogP) is 2.35. The summed E-state index contributed by atoms with van der Waals surface area (Å²) in [5, 5.41) is 0. The third-order valence-corrected chi connectivity index (χ3v) is 5.09. The van der Waals surface area contributed by atoms with Crippen molar-refractivity contribution in [2.45, 2.75) is 26.7 Å². The monoisotopic (exact) mass is 297 g/mol. The van der Waals surface area contributed by atoms with E-state index >= 15 is 0 Å². The van der Waals surface area contributed by atoms with Gasteiger partial charge >= 0.3 is 0 Å². The molecule has 1 unspecified atom stereocenters. The number of hydrogen-bond donors (Lipinski definition) is 0. The zero-order chi connectivity index (χ0) is 14.8. The van der Waals surface area contributed by atoms with E-state index in [-0.39, 0.29) is 5.92 Å². The minimum absolute atomic E-state index is 0.275. The lowest BCUT2D eigenvalue weighted by Crippen LogP contribution is -2.41. The van der Waals surface area contributed by atoms with E-state index in [0.717, 1.165) is 29.7 Å². The topological polar surface area (TPSA) is 46.6 Å². The Labute approximate surface area is 121 Å². The normalized spacial score (nSPS) is 20.9. The Bertz CT molecular complexity index is 548. The van der Waals surface area contributed by atoms with Gasteiger partial charge in [0.15, 0.2) is 0 Å². The Kier molecular flexibility index (Phi) is 4.70. The molecule has 0 N–H and O–H groups in total. The first kappa shape index (κ1) is 15.3. The van der Waals surface area contributed by atoms with Gasteiger partial charge in [0.25, 0.3) is 0 Å². The van der Waals surface area contributed by atoms with E-state index < -0.39 is 10.0 Å². The van der Waals surface area contributed by atoms with Gasteiger partial charge in [0.2, 0.25) is 10.0 Å². The first-order chi connectivity index (χ1) is 9.38. The third-order valence-electron chi connectivity index (χ3n) is 3.82. The number of piperidine rings is 1. The summed E-state index contributed by atoms with van der Waals surface area (Å²) in [5.74, 6) is 1.21. The molecule has 4 nitrogen and oxygen atoms in total. The van der Waals surface area contributed by atoms with Crippen LogP contribution in [0.3, 0.4) is 0 Å². The number of aryl methyl sites for hydroxylation is 2. The molecule has 0 aromatic heterocycles. The predicted molar refractivity (Wildman–Crippen MR) is 80.6 cm³/mol. The molecule has 1 fully saturated rings. The molecule has 0 radical (unpaired) electrons. The van der Waals surface area contributed by atoms with E-state index in [2.05, 4.69) is 0 Å². The van der Waals surface area contributed by atoms with Crippen LogP contribution in [-0.4, -0.2) is 38.7 Å². The SMILES string of the molecule is Cc1cccc(C)c1OCC1CCCN(S(C)(=O)=O)C1. The number of ether oxygens (including phenoxy) is 1. The van der Waals surface area contributed by atoms with Crippen molar-refractivity contribution in [2.24, 2.45) is 5.92 Å². The van der Waals surface area contributed by atoms with Gasteiger partial charge in [-0.2, -0.15) is 0 Å². The number of benzene rings is 1. The molecule has 1 atom stereocenters. The Hall–Kier alpha value is -1.07. The van der Waals surface area contributed by atoms with Crippen molar-refractivity contribution in [1.29, 1.82) is 0 Å². The molecule has 0 aliphatic carbocycles. The van der Waals surface area contributed by atoms with Crippen LogP contribution in [-0.2, 0) is 10.0 Å². The molecule has 20 heavy (non-hydrogen) atoms. The van der Waals surface area contributed by atoms with Gasteiger partial charge < -0.3 is 4.74 Å². The fourth-order valence-electron chi connectivity index (χ4n) is 2.69. The minimum atomic E-state index is -3.08. The van der Waals surface area contributed by atoms with Crippen LogP contribution >= 0.6 is 0 Å². The standard InChI is InChI=1S/C15H23NO3S/c1-12-6-4-7-13(2)15(12)19-11-14-8-5-9-16(10-14)20(3,17)18/h4,6-7,14H,5,8-11H2,1-3H3. The summed E-state index contributed by atoms with van der Waals surface area (Å²) in [6, 6.07) is 6.08. The van der Waals surface area contributed by atoms with Crippen LogP contribution in [0.25, 0.3) is 0 Å². The van der Waals surface area contributed by atoms with Gasteiger partial charge in [-0.15, -0.1) is 0 Å². The molecule has 0 bridgehead atoms. The average molecular weight is 297 g/mol. The summed E-state index contributed by atoms with van der Waals surface area (Å²) in [6.45, 7) is 5.86. The van der Waals surface area contributed by atoms with Crippen molar-refractivity contribution < 1.29 is 13.2 Å². The minimum Gasteiger partial charge on any atom is -0.493 e. The molecular weight excluding hydrogens is 274 g/mol. The van der Waals surface area contributed by atoms with Gasteiger partial charge in [-0.1, -0.05) is 18.2 Å². The van der Waals surface area contributed by atoms with E-state index in [9.17, 15) is 8.42 Å². The zero-order valence-corrected chi connectivity index (χ0v) is 13.2. The lowest BCUT2D eigenvalue weighted by Gasteiger charge is -2.31. The van der Waals surface area contributed by atoms with Gasteiger partial charge in [-0.3, -0.25) is 0 Å². The smallest absolute Gasteiger partial charge is 0.211 e. The van der Waals surface area contributed by atoms with Crippen molar-refractivity contribution in [2.75, 3.05) is 26.0 Å². The van der Waals surface area contributed by atoms with Crippen molar-refractivity contribution in [3.8, 4) is 5.75 Å². The maximum atomic E-state index is 11.6. The van der Waals surface area contributed by atoms with E-state index in [1.54, 1.807) is 4.31 Å². The van der Waals surface area contributed by atoms with Gasteiger partial charge in [-0.05, 0) is 37.8 Å². The Balaban J connectivity index is 1.97. The van der Waals surface area contributed by atoms with Crippen molar-refractivity contribution in [3.05, 3.63) is 29.3 Å². The van der Waals surface area contributed by atoms with Crippen LogP contribution in [0.4, 0.5) is 0 Å². The number of rotatable bonds is 4. The molecule has 0 amide bonds. The summed E-state index contributed by atoms with van der Waals surface area (Å²) in [7, 11) is -3.08. The fourth-order valence-corrected chi connectivity index (χ4v) is 3.63. The van der Waals surface area contributed by atoms with Crippen LogP contribution in [0, 0.1) is 19.8 Å². The first-order valence-electron chi connectivity index (χ1n) is 7.02. The molecule has 1 heterocycles. The molecule has 1 aromatic carbocycles. The van der Waals surface area contributed by atoms with E-state index in [1.807, 2.05) is 32.0 Å². The highest BCUT2D eigenvalue weighted by Crippen LogP contribution is 2.25. The fraction of sp³-hybridized carbons (Fsp3) is 0.600. The van der Waals surface area contributed by atoms with Crippen LogP contribution < -0.4 is 4.74 Å². The van der Waals surface area contributed by atoms with E-state index in [0.29, 0.717) is 19.7 Å². The summed E-state index contributed by atoms with van der Waals surface area (Å²) >= 11 is 0.